The average Bonchev–Trinajstić information content (AvgIpc) is 2.56. The van der Waals surface area contributed by atoms with Crippen molar-refractivity contribution in [3.8, 4) is 0 Å². The summed E-state index contributed by atoms with van der Waals surface area (Å²) in [6.07, 6.45) is 2.39. The molecular weight excluding hydrogens is 278 g/mol. The highest BCUT2D eigenvalue weighted by Gasteiger charge is 2.23. The summed E-state index contributed by atoms with van der Waals surface area (Å²) in [5.74, 6) is 0.200. The minimum Gasteiger partial charge on any atom is -0.339 e. The van der Waals surface area contributed by atoms with Gasteiger partial charge in [0.25, 0.3) is 0 Å². The predicted molar refractivity (Wildman–Crippen MR) is 86.6 cm³/mol. The summed E-state index contributed by atoms with van der Waals surface area (Å²) >= 11 is 0. The molecule has 5 nitrogen and oxygen atoms in total. The van der Waals surface area contributed by atoms with Crippen LogP contribution in [0.15, 0.2) is 30.3 Å². The molecule has 1 heterocycles. The minimum absolute atomic E-state index is 0.0290. The van der Waals surface area contributed by atoms with Gasteiger partial charge in [-0.1, -0.05) is 30.3 Å². The second kappa shape index (κ2) is 8.41. The Kier molecular flexibility index (Phi) is 6.25. The molecule has 1 aliphatic rings. The lowest BCUT2D eigenvalue weighted by Gasteiger charge is -2.34. The van der Waals surface area contributed by atoms with E-state index in [1.165, 1.54) is 5.56 Å². The molecule has 22 heavy (non-hydrogen) atoms. The number of amides is 3. The van der Waals surface area contributed by atoms with Gasteiger partial charge in [0.15, 0.2) is 0 Å². The first-order valence-electron chi connectivity index (χ1n) is 8.05. The van der Waals surface area contributed by atoms with Crippen LogP contribution < -0.4 is 5.32 Å². The van der Waals surface area contributed by atoms with Crippen LogP contribution in [0.4, 0.5) is 4.79 Å². The smallest absolute Gasteiger partial charge is 0.317 e. The van der Waals surface area contributed by atoms with Gasteiger partial charge in [0, 0.05) is 39.1 Å². The van der Waals surface area contributed by atoms with Crippen molar-refractivity contribution >= 4 is 11.9 Å². The van der Waals surface area contributed by atoms with Crippen LogP contribution in [0.25, 0.3) is 0 Å². The van der Waals surface area contributed by atoms with Crippen molar-refractivity contribution in [2.75, 3.05) is 32.7 Å². The second-order valence-electron chi connectivity index (χ2n) is 5.54. The van der Waals surface area contributed by atoms with E-state index in [1.807, 2.05) is 30.0 Å². The number of piperazine rings is 1. The molecule has 2 rings (SSSR count). The van der Waals surface area contributed by atoms with Gasteiger partial charge in [-0.05, 0) is 25.3 Å². The lowest BCUT2D eigenvalue weighted by molar-refractivity contribution is -0.132. The quantitative estimate of drug-likeness (QED) is 0.903. The minimum atomic E-state index is -0.0290. The highest BCUT2D eigenvalue weighted by atomic mass is 16.2. The largest absolute Gasteiger partial charge is 0.339 e. The van der Waals surface area contributed by atoms with Crippen LogP contribution in [0, 0.1) is 0 Å². The molecule has 120 valence electrons. The zero-order chi connectivity index (χ0) is 15.8. The molecule has 1 fully saturated rings. The van der Waals surface area contributed by atoms with E-state index in [1.54, 1.807) is 4.90 Å². The fraction of sp³-hybridized carbons (Fsp3) is 0.529. The molecule has 0 bridgehead atoms. The van der Waals surface area contributed by atoms with Crippen LogP contribution >= 0.6 is 0 Å². The Bertz CT molecular complexity index is 482. The van der Waals surface area contributed by atoms with Gasteiger partial charge in [-0.25, -0.2) is 4.79 Å². The summed E-state index contributed by atoms with van der Waals surface area (Å²) in [5.41, 5.74) is 1.27. The van der Waals surface area contributed by atoms with Crippen molar-refractivity contribution in [1.82, 2.24) is 15.1 Å². The zero-order valence-corrected chi connectivity index (χ0v) is 13.3. The molecule has 0 radical (unpaired) electrons. The normalized spacial score (nSPS) is 14.8. The molecule has 0 aromatic heterocycles. The van der Waals surface area contributed by atoms with Crippen LogP contribution in [0.2, 0.25) is 0 Å². The molecule has 0 saturated carbocycles. The van der Waals surface area contributed by atoms with Crippen LogP contribution in [0.3, 0.4) is 0 Å². The summed E-state index contributed by atoms with van der Waals surface area (Å²) in [4.78, 5) is 27.6. The fourth-order valence-electron chi connectivity index (χ4n) is 2.67. The summed E-state index contributed by atoms with van der Waals surface area (Å²) < 4.78 is 0. The maximum Gasteiger partial charge on any atom is 0.317 e. The second-order valence-corrected chi connectivity index (χ2v) is 5.54. The third-order valence-corrected chi connectivity index (χ3v) is 3.95. The Morgan fingerprint density at radius 3 is 2.32 bits per heavy atom. The summed E-state index contributed by atoms with van der Waals surface area (Å²) in [5, 5.41) is 2.80. The molecule has 1 aromatic carbocycles. The molecule has 1 saturated heterocycles. The number of urea groups is 1. The number of benzene rings is 1. The van der Waals surface area contributed by atoms with Crippen LogP contribution in [-0.2, 0) is 11.2 Å². The predicted octanol–water partition coefficient (Wildman–Crippen LogP) is 1.88. The van der Waals surface area contributed by atoms with Gasteiger partial charge in [-0.15, -0.1) is 0 Å². The van der Waals surface area contributed by atoms with E-state index in [4.69, 9.17) is 0 Å². The van der Waals surface area contributed by atoms with Crippen molar-refractivity contribution in [2.45, 2.75) is 26.2 Å². The van der Waals surface area contributed by atoms with Gasteiger partial charge in [-0.3, -0.25) is 4.79 Å². The van der Waals surface area contributed by atoms with Gasteiger partial charge in [0.05, 0.1) is 0 Å². The highest BCUT2D eigenvalue weighted by Crippen LogP contribution is 2.09. The Balaban J connectivity index is 1.68. The number of aryl methyl sites for hydroxylation is 1. The van der Waals surface area contributed by atoms with Gasteiger partial charge in [0.1, 0.15) is 0 Å². The SMILES string of the molecule is CCNC(=O)N1CCN(C(=O)CCCc2ccccc2)CC1. The number of carbonyl (C=O) groups excluding carboxylic acids is 2. The van der Waals surface area contributed by atoms with Crippen molar-refractivity contribution < 1.29 is 9.59 Å². The van der Waals surface area contributed by atoms with E-state index in [2.05, 4.69) is 17.4 Å². The number of hydrogen-bond acceptors (Lipinski definition) is 2. The molecule has 1 aliphatic heterocycles. The van der Waals surface area contributed by atoms with Gasteiger partial charge < -0.3 is 15.1 Å². The molecule has 0 unspecified atom stereocenters. The van der Waals surface area contributed by atoms with Crippen molar-refractivity contribution in [1.29, 1.82) is 0 Å². The van der Waals surface area contributed by atoms with E-state index in [9.17, 15) is 9.59 Å². The molecule has 0 atom stereocenters. The van der Waals surface area contributed by atoms with Crippen molar-refractivity contribution in [2.24, 2.45) is 0 Å². The summed E-state index contributed by atoms with van der Waals surface area (Å²) in [6.45, 7) is 5.07. The Labute approximate surface area is 132 Å². The van der Waals surface area contributed by atoms with E-state index in [0.29, 0.717) is 39.1 Å². The van der Waals surface area contributed by atoms with Crippen LogP contribution in [-0.4, -0.2) is 54.5 Å². The van der Waals surface area contributed by atoms with Crippen LogP contribution in [0.1, 0.15) is 25.3 Å². The number of hydrogen-bond donors (Lipinski definition) is 1. The maximum absolute atomic E-state index is 12.2. The third kappa shape index (κ3) is 4.76. The molecular formula is C17H25N3O2. The Hall–Kier alpha value is -2.04. The van der Waals surface area contributed by atoms with E-state index in [0.717, 1.165) is 12.8 Å². The van der Waals surface area contributed by atoms with Crippen molar-refractivity contribution in [3.63, 3.8) is 0 Å². The van der Waals surface area contributed by atoms with Gasteiger partial charge in [0.2, 0.25) is 5.91 Å². The molecule has 5 heteroatoms. The monoisotopic (exact) mass is 303 g/mol. The number of carbonyl (C=O) groups is 2. The number of nitrogens with zero attached hydrogens (tertiary/aromatic N) is 2. The average molecular weight is 303 g/mol. The topological polar surface area (TPSA) is 52.7 Å². The van der Waals surface area contributed by atoms with Gasteiger partial charge in [-0.2, -0.15) is 0 Å². The Morgan fingerprint density at radius 1 is 1.05 bits per heavy atom. The Morgan fingerprint density at radius 2 is 1.68 bits per heavy atom. The molecule has 0 aliphatic carbocycles. The fourth-order valence-corrected chi connectivity index (χ4v) is 2.67. The number of nitrogens with one attached hydrogen (secondary N) is 1. The zero-order valence-electron chi connectivity index (χ0n) is 13.3. The molecule has 1 N–H and O–H groups in total. The first-order chi connectivity index (χ1) is 10.7. The third-order valence-electron chi connectivity index (χ3n) is 3.95. The number of rotatable bonds is 5. The summed E-state index contributed by atoms with van der Waals surface area (Å²) in [7, 11) is 0. The first-order valence-corrected chi connectivity index (χ1v) is 8.05. The van der Waals surface area contributed by atoms with E-state index >= 15 is 0 Å². The lowest BCUT2D eigenvalue weighted by Crippen LogP contribution is -2.53. The molecule has 3 amide bonds. The van der Waals surface area contributed by atoms with Gasteiger partial charge >= 0.3 is 6.03 Å². The van der Waals surface area contributed by atoms with E-state index in [-0.39, 0.29) is 11.9 Å². The summed E-state index contributed by atoms with van der Waals surface area (Å²) in [6, 6.07) is 10.2. The molecule has 1 aromatic rings. The highest BCUT2D eigenvalue weighted by molar-refractivity contribution is 5.77. The first kappa shape index (κ1) is 16.3. The maximum atomic E-state index is 12.2. The standard InChI is InChI=1S/C17H25N3O2/c1-2-18-17(22)20-13-11-19(12-14-20)16(21)10-6-9-15-7-4-3-5-8-15/h3-5,7-8H,2,6,9-14H2,1H3,(H,18,22). The van der Waals surface area contributed by atoms with Crippen LogP contribution in [0.5, 0.6) is 0 Å². The van der Waals surface area contributed by atoms with Crippen molar-refractivity contribution in [3.05, 3.63) is 35.9 Å². The lowest BCUT2D eigenvalue weighted by atomic mass is 10.1. The molecule has 0 spiro atoms. The van der Waals surface area contributed by atoms with E-state index < -0.39 is 0 Å².